The minimum Gasteiger partial charge on any atom is -0.387 e. The summed E-state index contributed by atoms with van der Waals surface area (Å²) >= 11 is 0. The van der Waals surface area contributed by atoms with Crippen LogP contribution in [0.15, 0.2) is 24.3 Å². The van der Waals surface area contributed by atoms with Crippen molar-refractivity contribution in [3.63, 3.8) is 0 Å². The summed E-state index contributed by atoms with van der Waals surface area (Å²) < 4.78 is 0. The topological polar surface area (TPSA) is 32.3 Å². The minimum atomic E-state index is -0.374. The maximum Gasteiger partial charge on any atom is 0.0914 e. The van der Waals surface area contributed by atoms with Gasteiger partial charge in [-0.2, -0.15) is 0 Å². The van der Waals surface area contributed by atoms with Gasteiger partial charge >= 0.3 is 0 Å². The van der Waals surface area contributed by atoms with Crippen LogP contribution in [-0.4, -0.2) is 17.7 Å². The third kappa shape index (κ3) is 3.06. The van der Waals surface area contributed by atoms with Crippen LogP contribution in [0.1, 0.15) is 42.9 Å². The van der Waals surface area contributed by atoms with Crippen LogP contribution < -0.4 is 5.32 Å². The molecule has 0 heterocycles. The Morgan fingerprint density at radius 3 is 2.50 bits per heavy atom. The summed E-state index contributed by atoms with van der Waals surface area (Å²) in [6.07, 6.45) is 4.82. The highest BCUT2D eigenvalue weighted by Gasteiger charge is 2.16. The van der Waals surface area contributed by atoms with Gasteiger partial charge in [-0.3, -0.25) is 0 Å². The zero-order valence-electron chi connectivity index (χ0n) is 9.95. The van der Waals surface area contributed by atoms with Crippen LogP contribution in [0.2, 0.25) is 0 Å². The molecule has 1 aliphatic carbocycles. The number of benzene rings is 1. The van der Waals surface area contributed by atoms with Gasteiger partial charge in [0.1, 0.15) is 0 Å². The summed E-state index contributed by atoms with van der Waals surface area (Å²) in [5, 5.41) is 13.5. The number of aliphatic hydroxyl groups is 1. The Morgan fingerprint density at radius 2 is 1.88 bits per heavy atom. The van der Waals surface area contributed by atoms with Crippen molar-refractivity contribution in [3.05, 3.63) is 35.4 Å². The van der Waals surface area contributed by atoms with Crippen molar-refractivity contribution in [1.29, 1.82) is 0 Å². The Labute approximate surface area is 97.7 Å². The first-order valence-corrected chi connectivity index (χ1v) is 6.24. The molecule has 16 heavy (non-hydrogen) atoms. The lowest BCUT2D eigenvalue weighted by molar-refractivity contribution is 0.170. The maximum absolute atomic E-state index is 10.0. The van der Waals surface area contributed by atoms with Gasteiger partial charge in [0.15, 0.2) is 0 Å². The van der Waals surface area contributed by atoms with E-state index in [0.717, 1.165) is 5.56 Å². The molecule has 0 radical (unpaired) electrons. The van der Waals surface area contributed by atoms with Crippen LogP contribution >= 0.6 is 0 Å². The van der Waals surface area contributed by atoms with Crippen LogP contribution in [0.5, 0.6) is 0 Å². The van der Waals surface area contributed by atoms with E-state index in [2.05, 4.69) is 12.2 Å². The van der Waals surface area contributed by atoms with Gasteiger partial charge in [0.25, 0.3) is 0 Å². The number of nitrogens with one attached hydrogen (secondary N) is 1. The number of aliphatic hydroxyl groups excluding tert-OH is 1. The molecule has 2 heteroatoms. The highest BCUT2D eigenvalue weighted by Crippen LogP contribution is 2.19. The molecule has 0 saturated heterocycles. The van der Waals surface area contributed by atoms with Gasteiger partial charge in [-0.25, -0.2) is 0 Å². The summed E-state index contributed by atoms with van der Waals surface area (Å²) in [5.41, 5.74) is 2.25. The summed E-state index contributed by atoms with van der Waals surface area (Å²) in [5.74, 6) is 0. The molecule has 0 amide bonds. The van der Waals surface area contributed by atoms with Crippen LogP contribution in [0.4, 0.5) is 0 Å². The standard InChI is InChI=1S/C14H21NO/c1-11-6-8-12(9-7-11)14(16)10-15-13-4-2-3-5-13/h6-9,13-16H,2-5,10H2,1H3. The molecule has 2 nitrogen and oxygen atoms in total. The molecule has 1 fully saturated rings. The van der Waals surface area contributed by atoms with Crippen LogP contribution in [-0.2, 0) is 0 Å². The molecule has 0 spiro atoms. The molecular formula is C14H21NO. The molecule has 0 aromatic heterocycles. The van der Waals surface area contributed by atoms with Crippen molar-refractivity contribution in [2.45, 2.75) is 44.8 Å². The Bertz CT molecular complexity index is 314. The quantitative estimate of drug-likeness (QED) is 0.815. The Kier molecular flexibility index (Phi) is 3.97. The molecule has 1 unspecified atom stereocenters. The smallest absolute Gasteiger partial charge is 0.0914 e. The SMILES string of the molecule is Cc1ccc(C(O)CNC2CCCC2)cc1. The predicted molar refractivity (Wildman–Crippen MR) is 66.4 cm³/mol. The highest BCUT2D eigenvalue weighted by molar-refractivity contribution is 5.23. The molecule has 1 aromatic rings. The summed E-state index contributed by atoms with van der Waals surface area (Å²) in [6.45, 7) is 2.74. The highest BCUT2D eigenvalue weighted by atomic mass is 16.3. The third-order valence-corrected chi connectivity index (χ3v) is 3.42. The fourth-order valence-corrected chi connectivity index (χ4v) is 2.31. The molecule has 88 valence electrons. The maximum atomic E-state index is 10.0. The second-order valence-corrected chi connectivity index (χ2v) is 4.82. The molecule has 2 rings (SSSR count). The number of aryl methyl sites for hydroxylation is 1. The zero-order valence-corrected chi connectivity index (χ0v) is 9.95. The van der Waals surface area contributed by atoms with E-state index in [9.17, 15) is 5.11 Å². The van der Waals surface area contributed by atoms with Crippen molar-refractivity contribution < 1.29 is 5.11 Å². The average molecular weight is 219 g/mol. The molecule has 2 N–H and O–H groups in total. The van der Waals surface area contributed by atoms with Gasteiger partial charge in [-0.05, 0) is 25.3 Å². The number of rotatable bonds is 4. The van der Waals surface area contributed by atoms with Gasteiger partial charge in [-0.15, -0.1) is 0 Å². The van der Waals surface area contributed by atoms with E-state index < -0.39 is 0 Å². The fraction of sp³-hybridized carbons (Fsp3) is 0.571. The van der Waals surface area contributed by atoms with Crippen molar-refractivity contribution in [2.24, 2.45) is 0 Å². The van der Waals surface area contributed by atoms with Gasteiger partial charge in [0.05, 0.1) is 6.10 Å². The Hall–Kier alpha value is -0.860. The third-order valence-electron chi connectivity index (χ3n) is 3.42. The van der Waals surface area contributed by atoms with Crippen molar-refractivity contribution >= 4 is 0 Å². The van der Waals surface area contributed by atoms with Crippen molar-refractivity contribution in [2.75, 3.05) is 6.54 Å². The molecular weight excluding hydrogens is 198 g/mol. The lowest BCUT2D eigenvalue weighted by Crippen LogP contribution is -2.30. The second-order valence-electron chi connectivity index (χ2n) is 4.82. The van der Waals surface area contributed by atoms with Crippen molar-refractivity contribution in [3.8, 4) is 0 Å². The van der Waals surface area contributed by atoms with Crippen LogP contribution in [0, 0.1) is 6.92 Å². The predicted octanol–water partition coefficient (Wildman–Crippen LogP) is 2.56. The number of hydrogen-bond donors (Lipinski definition) is 2. The van der Waals surface area contributed by atoms with E-state index >= 15 is 0 Å². The molecule has 1 aromatic carbocycles. The lowest BCUT2D eigenvalue weighted by atomic mass is 10.1. The van der Waals surface area contributed by atoms with Crippen LogP contribution in [0.3, 0.4) is 0 Å². The second kappa shape index (κ2) is 5.46. The normalized spacial score (nSPS) is 18.9. The van der Waals surface area contributed by atoms with Gasteiger partial charge < -0.3 is 10.4 Å². The first kappa shape index (κ1) is 11.6. The van der Waals surface area contributed by atoms with E-state index in [4.69, 9.17) is 0 Å². The first-order chi connectivity index (χ1) is 7.75. The lowest BCUT2D eigenvalue weighted by Gasteiger charge is -2.16. The monoisotopic (exact) mass is 219 g/mol. The molecule has 0 aliphatic heterocycles. The number of hydrogen-bond acceptors (Lipinski definition) is 2. The summed E-state index contributed by atoms with van der Waals surface area (Å²) in [7, 11) is 0. The van der Waals surface area contributed by atoms with E-state index in [1.807, 2.05) is 24.3 Å². The summed E-state index contributed by atoms with van der Waals surface area (Å²) in [4.78, 5) is 0. The minimum absolute atomic E-state index is 0.374. The Balaban J connectivity index is 1.82. The summed E-state index contributed by atoms with van der Waals surface area (Å²) in [6, 6.07) is 8.75. The average Bonchev–Trinajstić information content (AvgIpc) is 2.80. The molecule has 1 atom stereocenters. The van der Waals surface area contributed by atoms with E-state index in [1.165, 1.54) is 31.2 Å². The van der Waals surface area contributed by atoms with Gasteiger partial charge in [0.2, 0.25) is 0 Å². The van der Waals surface area contributed by atoms with Crippen LogP contribution in [0.25, 0.3) is 0 Å². The molecule has 1 aliphatic rings. The van der Waals surface area contributed by atoms with E-state index in [1.54, 1.807) is 0 Å². The first-order valence-electron chi connectivity index (χ1n) is 6.24. The Morgan fingerprint density at radius 1 is 1.25 bits per heavy atom. The fourth-order valence-electron chi connectivity index (χ4n) is 2.31. The van der Waals surface area contributed by atoms with Crippen molar-refractivity contribution in [1.82, 2.24) is 5.32 Å². The van der Waals surface area contributed by atoms with E-state index in [0.29, 0.717) is 12.6 Å². The van der Waals surface area contributed by atoms with Gasteiger partial charge in [0, 0.05) is 12.6 Å². The largest absolute Gasteiger partial charge is 0.387 e. The zero-order chi connectivity index (χ0) is 11.4. The van der Waals surface area contributed by atoms with E-state index in [-0.39, 0.29) is 6.10 Å². The van der Waals surface area contributed by atoms with Gasteiger partial charge in [-0.1, -0.05) is 42.7 Å². The molecule has 0 bridgehead atoms. The molecule has 1 saturated carbocycles.